The zero-order valence-electron chi connectivity index (χ0n) is 12.4. The second-order valence-corrected chi connectivity index (χ2v) is 5.67. The lowest BCUT2D eigenvalue weighted by Gasteiger charge is -2.17. The highest BCUT2D eigenvalue weighted by Crippen LogP contribution is 2.31. The molecule has 2 aromatic carbocycles. The first-order valence-corrected chi connectivity index (χ1v) is 7.64. The van der Waals surface area contributed by atoms with Gasteiger partial charge in [0.15, 0.2) is 5.57 Å². The van der Waals surface area contributed by atoms with Crippen LogP contribution in [0, 0.1) is 34.0 Å². The van der Waals surface area contributed by atoms with E-state index < -0.39 is 6.10 Å². The van der Waals surface area contributed by atoms with Gasteiger partial charge in [-0.1, -0.05) is 46.3 Å². The lowest BCUT2D eigenvalue weighted by Crippen LogP contribution is -2.07. The van der Waals surface area contributed by atoms with E-state index in [1.165, 1.54) is 0 Å². The predicted octanol–water partition coefficient (Wildman–Crippen LogP) is 3.77. The number of allylic oxidation sites excluding steroid dienone is 2. The third-order valence-electron chi connectivity index (χ3n) is 3.27. The van der Waals surface area contributed by atoms with E-state index in [1.54, 1.807) is 48.5 Å². The van der Waals surface area contributed by atoms with Crippen molar-refractivity contribution in [1.82, 2.24) is 0 Å². The maximum Gasteiger partial charge on any atom is 0.163 e. The van der Waals surface area contributed by atoms with E-state index in [0.717, 1.165) is 4.47 Å². The van der Waals surface area contributed by atoms with Gasteiger partial charge in [0.1, 0.15) is 30.0 Å². The number of hydrogen-bond acceptors (Lipinski definition) is 5. The Morgan fingerprint density at radius 1 is 1.00 bits per heavy atom. The summed E-state index contributed by atoms with van der Waals surface area (Å²) in [5, 5.41) is 40.4. The number of nitrogens with zero attached hydrogens (tertiary/aromatic N) is 3. The van der Waals surface area contributed by atoms with Crippen LogP contribution in [0.3, 0.4) is 0 Å². The maximum atomic E-state index is 10.6. The minimum absolute atomic E-state index is 0.163. The van der Waals surface area contributed by atoms with Crippen molar-refractivity contribution in [1.29, 1.82) is 15.8 Å². The Morgan fingerprint density at radius 2 is 1.67 bits per heavy atom. The molecule has 1 unspecified atom stereocenters. The van der Waals surface area contributed by atoms with Gasteiger partial charge in [0.05, 0.1) is 0 Å². The summed E-state index contributed by atoms with van der Waals surface area (Å²) in [7, 11) is 0. The Balaban J connectivity index is 2.50. The summed E-state index contributed by atoms with van der Waals surface area (Å²) in [4.78, 5) is 0. The fourth-order valence-corrected chi connectivity index (χ4v) is 2.49. The molecule has 116 valence electrons. The summed E-state index contributed by atoms with van der Waals surface area (Å²) in [6, 6.07) is 19.3. The smallest absolute Gasteiger partial charge is 0.163 e. The molecule has 0 fully saturated rings. The van der Waals surface area contributed by atoms with E-state index in [9.17, 15) is 10.4 Å². The van der Waals surface area contributed by atoms with Crippen LogP contribution in [0.15, 0.2) is 64.3 Å². The van der Waals surface area contributed by atoms with E-state index in [0.29, 0.717) is 16.8 Å². The Hall–Kier alpha value is -3.11. The van der Waals surface area contributed by atoms with E-state index in [1.807, 2.05) is 18.2 Å². The quantitative estimate of drug-likeness (QED) is 0.787. The van der Waals surface area contributed by atoms with Crippen molar-refractivity contribution in [3.63, 3.8) is 0 Å². The van der Waals surface area contributed by atoms with Gasteiger partial charge < -0.3 is 10.4 Å². The minimum Gasteiger partial charge on any atom is -0.384 e. The third kappa shape index (κ3) is 3.80. The van der Waals surface area contributed by atoms with Crippen molar-refractivity contribution >= 4 is 21.6 Å². The fraction of sp³-hybridized carbons (Fsp3) is 0.0556. The van der Waals surface area contributed by atoms with Crippen molar-refractivity contribution in [3.8, 4) is 18.2 Å². The van der Waals surface area contributed by atoms with Crippen molar-refractivity contribution in [2.75, 3.05) is 5.32 Å². The molecule has 0 radical (unpaired) electrons. The number of aliphatic hydroxyl groups excluding tert-OH is 1. The molecule has 0 amide bonds. The lowest BCUT2D eigenvalue weighted by molar-refractivity contribution is 0.221. The van der Waals surface area contributed by atoms with Gasteiger partial charge in [-0.2, -0.15) is 15.8 Å². The highest BCUT2D eigenvalue weighted by atomic mass is 79.9. The topological polar surface area (TPSA) is 104 Å². The molecule has 1 atom stereocenters. The summed E-state index contributed by atoms with van der Waals surface area (Å²) in [6.45, 7) is 0. The Labute approximate surface area is 147 Å². The Kier molecular flexibility index (Phi) is 5.71. The van der Waals surface area contributed by atoms with Crippen LogP contribution in [-0.4, -0.2) is 5.11 Å². The normalized spacial score (nSPS) is 10.6. The molecule has 2 rings (SSSR count). The highest BCUT2D eigenvalue weighted by molar-refractivity contribution is 9.10. The Bertz CT molecular complexity index is 885. The average Bonchev–Trinajstić information content (AvgIpc) is 2.63. The summed E-state index contributed by atoms with van der Waals surface area (Å²) in [6.07, 6.45) is -0.932. The van der Waals surface area contributed by atoms with Crippen molar-refractivity contribution < 1.29 is 5.11 Å². The van der Waals surface area contributed by atoms with Crippen LogP contribution in [-0.2, 0) is 0 Å². The van der Waals surface area contributed by atoms with E-state index in [2.05, 4.69) is 21.2 Å². The molecule has 0 aromatic heterocycles. The summed E-state index contributed by atoms with van der Waals surface area (Å²) in [5.41, 5.74) is 1.15. The standard InChI is InChI=1S/C18H11BrN4O/c19-14-6-7-16(23-17(11-22)13(9-20)10-21)15(8-14)18(24)12-4-2-1-3-5-12/h1-8,18,23-24H. The molecular formula is C18H11BrN4O. The van der Waals surface area contributed by atoms with Gasteiger partial charge in [-0.15, -0.1) is 0 Å². The number of aliphatic hydroxyl groups is 1. The van der Waals surface area contributed by atoms with Crippen molar-refractivity contribution in [2.24, 2.45) is 0 Å². The molecular weight excluding hydrogens is 368 g/mol. The number of hydrogen-bond donors (Lipinski definition) is 2. The van der Waals surface area contributed by atoms with Gasteiger partial charge in [0.2, 0.25) is 0 Å². The molecule has 0 aliphatic rings. The van der Waals surface area contributed by atoms with Gasteiger partial charge in [-0.05, 0) is 23.8 Å². The van der Waals surface area contributed by atoms with Gasteiger partial charge in [-0.25, -0.2) is 0 Å². The molecule has 0 bridgehead atoms. The number of rotatable bonds is 4. The molecule has 0 aliphatic carbocycles. The minimum atomic E-state index is -0.932. The maximum absolute atomic E-state index is 10.6. The van der Waals surface area contributed by atoms with Crippen molar-refractivity contribution in [2.45, 2.75) is 6.10 Å². The van der Waals surface area contributed by atoms with E-state index >= 15 is 0 Å². The van der Waals surface area contributed by atoms with Crippen LogP contribution in [0.1, 0.15) is 17.2 Å². The number of anilines is 1. The number of nitriles is 3. The summed E-state index contributed by atoms with van der Waals surface area (Å²) in [5.74, 6) is 0. The molecule has 2 N–H and O–H groups in total. The molecule has 0 saturated heterocycles. The zero-order chi connectivity index (χ0) is 17.5. The number of nitrogens with one attached hydrogen (secondary N) is 1. The second-order valence-electron chi connectivity index (χ2n) is 4.76. The number of benzene rings is 2. The van der Waals surface area contributed by atoms with Crippen LogP contribution in [0.5, 0.6) is 0 Å². The highest BCUT2D eigenvalue weighted by Gasteiger charge is 2.17. The van der Waals surface area contributed by atoms with Crippen LogP contribution in [0.4, 0.5) is 5.69 Å². The molecule has 0 heterocycles. The van der Waals surface area contributed by atoms with Crippen LogP contribution in [0.25, 0.3) is 0 Å². The second kappa shape index (κ2) is 7.94. The molecule has 0 saturated carbocycles. The monoisotopic (exact) mass is 378 g/mol. The largest absolute Gasteiger partial charge is 0.384 e. The van der Waals surface area contributed by atoms with Gasteiger partial charge in [0.25, 0.3) is 0 Å². The number of halogens is 1. The van der Waals surface area contributed by atoms with Crippen molar-refractivity contribution in [3.05, 3.63) is 75.4 Å². The van der Waals surface area contributed by atoms with E-state index in [4.69, 9.17) is 10.5 Å². The molecule has 5 nitrogen and oxygen atoms in total. The Morgan fingerprint density at radius 3 is 2.25 bits per heavy atom. The molecule has 24 heavy (non-hydrogen) atoms. The zero-order valence-corrected chi connectivity index (χ0v) is 13.9. The first-order valence-electron chi connectivity index (χ1n) is 6.84. The van der Waals surface area contributed by atoms with Gasteiger partial charge >= 0.3 is 0 Å². The first-order chi connectivity index (χ1) is 11.6. The summed E-state index contributed by atoms with van der Waals surface area (Å²) < 4.78 is 0.751. The first kappa shape index (κ1) is 17.2. The van der Waals surface area contributed by atoms with E-state index in [-0.39, 0.29) is 11.3 Å². The predicted molar refractivity (Wildman–Crippen MR) is 92.1 cm³/mol. The van der Waals surface area contributed by atoms with Crippen LogP contribution >= 0.6 is 15.9 Å². The van der Waals surface area contributed by atoms with Gasteiger partial charge in [0, 0.05) is 15.7 Å². The third-order valence-corrected chi connectivity index (χ3v) is 3.76. The van der Waals surface area contributed by atoms with Crippen LogP contribution in [0.2, 0.25) is 0 Å². The average molecular weight is 379 g/mol. The molecule has 0 aliphatic heterocycles. The molecule has 0 spiro atoms. The lowest BCUT2D eigenvalue weighted by atomic mass is 9.99. The summed E-state index contributed by atoms with van der Waals surface area (Å²) >= 11 is 3.36. The SMILES string of the molecule is N#CC(C#N)=C(C#N)Nc1ccc(Br)cc1C(O)c1ccccc1. The fourth-order valence-electron chi connectivity index (χ4n) is 2.11. The molecule has 2 aromatic rings. The molecule has 6 heteroatoms. The van der Waals surface area contributed by atoms with Gasteiger partial charge in [-0.3, -0.25) is 0 Å². The van der Waals surface area contributed by atoms with Crippen LogP contribution < -0.4 is 5.32 Å².